The fourth-order valence-electron chi connectivity index (χ4n) is 3.53. The van der Waals surface area contributed by atoms with E-state index in [1.54, 1.807) is 6.07 Å². The maximum atomic E-state index is 14.2. The number of anilines is 1. The summed E-state index contributed by atoms with van der Waals surface area (Å²) < 4.78 is 48.5. The number of hydrogen-bond acceptors (Lipinski definition) is 8. The van der Waals surface area contributed by atoms with Crippen LogP contribution in [0.4, 0.5) is 18.3 Å². The maximum Gasteiger partial charge on any atom is 0.434 e. The predicted molar refractivity (Wildman–Crippen MR) is 124 cm³/mol. The lowest BCUT2D eigenvalue weighted by Gasteiger charge is -2.14. The number of nitrogens with one attached hydrogen (secondary N) is 3. The van der Waals surface area contributed by atoms with Gasteiger partial charge < -0.3 is 4.74 Å². The van der Waals surface area contributed by atoms with Crippen LogP contribution in [0.15, 0.2) is 41.5 Å². The molecule has 5 aromatic rings. The lowest BCUT2D eigenvalue weighted by molar-refractivity contribution is -0.143. The number of halogens is 4. The van der Waals surface area contributed by atoms with Gasteiger partial charge in [0, 0.05) is 17.0 Å². The number of H-pyrrole nitrogens is 2. The number of aromatic nitrogens is 7. The second-order valence-corrected chi connectivity index (χ2v) is 8.73. The Labute approximate surface area is 206 Å². The number of pyridine rings is 1. The summed E-state index contributed by atoms with van der Waals surface area (Å²) in [6.07, 6.45) is -2.73. The number of methoxy groups -OCH3 is 1. The van der Waals surface area contributed by atoms with Gasteiger partial charge in [0.15, 0.2) is 16.6 Å². The molecule has 0 saturated carbocycles. The Bertz CT molecular complexity index is 1670. The topological polar surface area (TPSA) is 143 Å². The van der Waals surface area contributed by atoms with Gasteiger partial charge in [-0.25, -0.2) is 24.5 Å². The Morgan fingerprint density at radius 1 is 1.25 bits per heavy atom. The zero-order chi connectivity index (χ0) is 25.6. The SMILES string of the molecule is COc1nccc2c(-n3ncc(C(=O)Nc4nc(-c5n[nH]c(=O)[nH]5)c(Cl)s4)c3C(F)(F)F)cccc12. The number of ether oxygens (including phenoxy) is 1. The molecule has 5 rings (SSSR count). The van der Waals surface area contributed by atoms with E-state index in [2.05, 4.69) is 35.6 Å². The van der Waals surface area contributed by atoms with Crippen molar-refractivity contribution in [2.24, 2.45) is 0 Å². The number of rotatable bonds is 5. The van der Waals surface area contributed by atoms with Gasteiger partial charge >= 0.3 is 11.9 Å². The normalized spacial score (nSPS) is 11.7. The molecule has 0 spiro atoms. The van der Waals surface area contributed by atoms with Crippen LogP contribution in [0.2, 0.25) is 4.34 Å². The molecule has 4 heterocycles. The first-order chi connectivity index (χ1) is 17.2. The zero-order valence-electron chi connectivity index (χ0n) is 17.8. The van der Waals surface area contributed by atoms with Crippen LogP contribution >= 0.6 is 22.9 Å². The Kier molecular flexibility index (Phi) is 5.72. The van der Waals surface area contributed by atoms with Crippen LogP contribution in [0.1, 0.15) is 16.1 Å². The summed E-state index contributed by atoms with van der Waals surface area (Å²) >= 11 is 6.88. The van der Waals surface area contributed by atoms with Crippen LogP contribution in [0.5, 0.6) is 5.88 Å². The molecule has 1 amide bonds. The number of alkyl halides is 3. The third-order valence-corrected chi connectivity index (χ3v) is 6.15. The molecule has 11 nitrogen and oxygen atoms in total. The molecular weight excluding hydrogens is 525 g/mol. The minimum atomic E-state index is -4.94. The lowest BCUT2D eigenvalue weighted by atomic mass is 10.1. The molecule has 0 aliphatic rings. The molecule has 4 aromatic heterocycles. The number of amides is 1. The monoisotopic (exact) mass is 536 g/mol. The molecule has 0 fully saturated rings. The van der Waals surface area contributed by atoms with Crippen molar-refractivity contribution >= 4 is 44.7 Å². The molecule has 0 atom stereocenters. The largest absolute Gasteiger partial charge is 0.481 e. The molecule has 0 radical (unpaired) electrons. The standard InChI is InChI=1S/C20H12ClF3N8O3S/c1-35-17-9-3-2-4-11(8(9)5-6-25-17)32-13(20(22,23)24)10(7-26-32)16(33)29-19-27-12(14(21)36-19)15-28-18(34)31-30-15/h2-7H,1H3,(H,27,29,33)(H2,28,30,31,34). The number of thiazole rings is 1. The smallest absolute Gasteiger partial charge is 0.434 e. The van der Waals surface area contributed by atoms with Gasteiger partial charge in [-0.3, -0.25) is 15.1 Å². The number of aromatic amines is 2. The van der Waals surface area contributed by atoms with Crippen molar-refractivity contribution < 1.29 is 22.7 Å². The van der Waals surface area contributed by atoms with Gasteiger partial charge in [-0.15, -0.1) is 0 Å². The van der Waals surface area contributed by atoms with Crippen LogP contribution in [0.3, 0.4) is 0 Å². The second kappa shape index (κ2) is 8.76. The van der Waals surface area contributed by atoms with Crippen molar-refractivity contribution in [1.82, 2.24) is 34.9 Å². The van der Waals surface area contributed by atoms with Crippen LogP contribution in [0.25, 0.3) is 28.0 Å². The van der Waals surface area contributed by atoms with Crippen molar-refractivity contribution in [2.75, 3.05) is 12.4 Å². The molecule has 0 aliphatic heterocycles. The highest BCUT2D eigenvalue weighted by Gasteiger charge is 2.41. The highest BCUT2D eigenvalue weighted by Crippen LogP contribution is 2.37. The van der Waals surface area contributed by atoms with Gasteiger partial charge in [0.25, 0.3) is 5.91 Å². The summed E-state index contributed by atoms with van der Waals surface area (Å²) in [6.45, 7) is 0. The Morgan fingerprint density at radius 3 is 2.75 bits per heavy atom. The van der Waals surface area contributed by atoms with E-state index in [9.17, 15) is 22.8 Å². The average molecular weight is 537 g/mol. The van der Waals surface area contributed by atoms with Gasteiger partial charge in [-0.1, -0.05) is 29.0 Å². The molecule has 1 aromatic carbocycles. The minimum Gasteiger partial charge on any atom is -0.481 e. The molecular formula is C20H12ClF3N8O3S. The van der Waals surface area contributed by atoms with Crippen LogP contribution in [-0.2, 0) is 6.18 Å². The molecule has 0 aliphatic carbocycles. The van der Waals surface area contributed by atoms with Crippen LogP contribution in [-0.4, -0.2) is 47.9 Å². The fourth-order valence-corrected chi connectivity index (χ4v) is 4.57. The van der Waals surface area contributed by atoms with E-state index in [0.29, 0.717) is 15.5 Å². The predicted octanol–water partition coefficient (Wildman–Crippen LogP) is 3.89. The molecule has 0 saturated heterocycles. The molecule has 3 N–H and O–H groups in total. The average Bonchev–Trinajstić information content (AvgIpc) is 3.56. The highest BCUT2D eigenvalue weighted by molar-refractivity contribution is 7.20. The van der Waals surface area contributed by atoms with Gasteiger partial charge in [0.2, 0.25) is 5.88 Å². The lowest BCUT2D eigenvalue weighted by Crippen LogP contribution is -2.20. The van der Waals surface area contributed by atoms with Crippen molar-refractivity contribution in [3.05, 3.63) is 62.7 Å². The number of hydrogen-bond donors (Lipinski definition) is 3. The number of fused-ring (bicyclic) bond motifs is 1. The van der Waals surface area contributed by atoms with Crippen molar-refractivity contribution in [2.45, 2.75) is 6.18 Å². The molecule has 184 valence electrons. The van der Waals surface area contributed by atoms with Crippen molar-refractivity contribution in [3.8, 4) is 23.1 Å². The van der Waals surface area contributed by atoms with Crippen molar-refractivity contribution in [1.29, 1.82) is 0 Å². The number of carbonyl (C=O) groups is 1. The fraction of sp³-hybridized carbons (Fsp3) is 0.100. The van der Waals surface area contributed by atoms with E-state index in [4.69, 9.17) is 16.3 Å². The molecule has 36 heavy (non-hydrogen) atoms. The minimum absolute atomic E-state index is 0.00595. The van der Waals surface area contributed by atoms with Crippen LogP contribution < -0.4 is 15.7 Å². The third-order valence-electron chi connectivity index (χ3n) is 4.98. The summed E-state index contributed by atoms with van der Waals surface area (Å²) in [5, 5.41) is 12.8. The zero-order valence-corrected chi connectivity index (χ0v) is 19.4. The Balaban J connectivity index is 1.56. The van der Waals surface area contributed by atoms with Gasteiger partial charge in [0.1, 0.15) is 10.0 Å². The number of benzene rings is 1. The summed E-state index contributed by atoms with van der Waals surface area (Å²) in [5.41, 5.74) is -2.52. The first-order valence-electron chi connectivity index (χ1n) is 9.87. The molecule has 0 bridgehead atoms. The summed E-state index contributed by atoms with van der Waals surface area (Å²) in [5.74, 6) is -0.880. The van der Waals surface area contributed by atoms with E-state index in [-0.39, 0.29) is 32.6 Å². The van der Waals surface area contributed by atoms with E-state index in [1.807, 2.05) is 0 Å². The van der Waals surface area contributed by atoms with Gasteiger partial charge in [-0.2, -0.15) is 23.4 Å². The van der Waals surface area contributed by atoms with E-state index in [0.717, 1.165) is 17.5 Å². The first-order valence-corrected chi connectivity index (χ1v) is 11.1. The van der Waals surface area contributed by atoms with E-state index >= 15 is 0 Å². The number of carbonyl (C=O) groups excluding carboxylic acids is 1. The van der Waals surface area contributed by atoms with Crippen LogP contribution in [0, 0.1) is 0 Å². The van der Waals surface area contributed by atoms with Crippen molar-refractivity contribution in [3.63, 3.8) is 0 Å². The Hall–Kier alpha value is -4.24. The first kappa shape index (κ1) is 23.5. The van der Waals surface area contributed by atoms with Gasteiger partial charge in [0.05, 0.1) is 24.6 Å². The summed E-state index contributed by atoms with van der Waals surface area (Å²) in [4.78, 5) is 34.6. The maximum absolute atomic E-state index is 14.2. The molecule has 0 unspecified atom stereocenters. The highest BCUT2D eigenvalue weighted by atomic mass is 35.5. The van der Waals surface area contributed by atoms with Gasteiger partial charge in [-0.05, 0) is 18.2 Å². The Morgan fingerprint density at radius 2 is 2.06 bits per heavy atom. The summed E-state index contributed by atoms with van der Waals surface area (Å²) in [7, 11) is 1.39. The van der Waals surface area contributed by atoms with E-state index in [1.165, 1.54) is 31.5 Å². The second-order valence-electron chi connectivity index (χ2n) is 7.13. The number of nitrogens with zero attached hydrogens (tertiary/aromatic N) is 5. The quantitative estimate of drug-likeness (QED) is 0.309. The molecule has 16 heteroatoms. The summed E-state index contributed by atoms with van der Waals surface area (Å²) in [6, 6.07) is 6.13. The van der Waals surface area contributed by atoms with E-state index < -0.39 is 29.0 Å². The third kappa shape index (κ3) is 4.07.